The molecule has 1 amide bonds. The van der Waals surface area contributed by atoms with E-state index in [9.17, 15) is 4.79 Å². The van der Waals surface area contributed by atoms with Crippen molar-refractivity contribution < 1.29 is 14.3 Å². The number of nitrogens with zero attached hydrogens (tertiary/aromatic N) is 2. The average molecular weight is 436 g/mol. The number of morpholine rings is 1. The van der Waals surface area contributed by atoms with E-state index in [1.54, 1.807) is 13.2 Å². The Bertz CT molecular complexity index is 1030. The number of ether oxygens (including phenoxy) is 2. The smallest absolute Gasteiger partial charge is 0.250 e. The van der Waals surface area contributed by atoms with Crippen LogP contribution in [0.3, 0.4) is 0 Å². The Balaban J connectivity index is 1.49. The number of amides is 1. The summed E-state index contributed by atoms with van der Waals surface area (Å²) in [6, 6.07) is 17.6. The standard InChI is InChI=1S/C24H25N3O3S/c1-29-20-10-7-18(8-11-20)9-12-22(28)25-24-26-23(19-5-3-2-4-6-19)21(31-24)17-27-13-15-30-16-14-27/h2-12H,13-17H2,1H3,(H,25,26,28)/b12-9+. The summed E-state index contributed by atoms with van der Waals surface area (Å²) < 4.78 is 10.6. The monoisotopic (exact) mass is 435 g/mol. The molecular weight excluding hydrogens is 410 g/mol. The van der Waals surface area contributed by atoms with E-state index in [0.29, 0.717) is 5.13 Å². The molecule has 4 rings (SSSR count). The lowest BCUT2D eigenvalue weighted by Gasteiger charge is -2.26. The Labute approximate surface area is 186 Å². The van der Waals surface area contributed by atoms with Crippen molar-refractivity contribution in [2.24, 2.45) is 0 Å². The molecule has 1 fully saturated rings. The maximum absolute atomic E-state index is 12.5. The Hall–Kier alpha value is -3.00. The maximum Gasteiger partial charge on any atom is 0.250 e. The molecule has 1 aromatic heterocycles. The minimum Gasteiger partial charge on any atom is -0.497 e. The molecule has 7 heteroatoms. The molecular formula is C24H25N3O3S. The molecule has 0 aliphatic carbocycles. The van der Waals surface area contributed by atoms with Gasteiger partial charge in [0.05, 0.1) is 26.0 Å². The van der Waals surface area contributed by atoms with Gasteiger partial charge in [-0.2, -0.15) is 0 Å². The predicted molar refractivity (Wildman–Crippen MR) is 124 cm³/mol. The van der Waals surface area contributed by atoms with Crippen LogP contribution in [0.4, 0.5) is 5.13 Å². The zero-order valence-electron chi connectivity index (χ0n) is 17.4. The Kier molecular flexibility index (Phi) is 7.09. The number of nitrogens with one attached hydrogen (secondary N) is 1. The minimum atomic E-state index is -0.206. The molecule has 160 valence electrons. The number of hydrogen-bond donors (Lipinski definition) is 1. The van der Waals surface area contributed by atoms with Crippen molar-refractivity contribution in [1.29, 1.82) is 0 Å². The average Bonchev–Trinajstić information content (AvgIpc) is 3.21. The summed E-state index contributed by atoms with van der Waals surface area (Å²) in [4.78, 5) is 20.7. The molecule has 2 aromatic carbocycles. The summed E-state index contributed by atoms with van der Waals surface area (Å²) in [5, 5.41) is 3.52. The summed E-state index contributed by atoms with van der Waals surface area (Å²) >= 11 is 1.53. The van der Waals surface area contributed by atoms with Gasteiger partial charge in [0.2, 0.25) is 5.91 Å². The van der Waals surface area contributed by atoms with Gasteiger partial charge in [0.15, 0.2) is 5.13 Å². The van der Waals surface area contributed by atoms with Gasteiger partial charge in [-0.25, -0.2) is 4.98 Å². The number of benzene rings is 2. The molecule has 1 aliphatic heterocycles. The molecule has 1 aliphatic rings. The number of anilines is 1. The third-order valence-electron chi connectivity index (χ3n) is 4.99. The Morgan fingerprint density at radius 3 is 2.61 bits per heavy atom. The highest BCUT2D eigenvalue weighted by Gasteiger charge is 2.18. The van der Waals surface area contributed by atoms with Crippen molar-refractivity contribution in [3.63, 3.8) is 0 Å². The van der Waals surface area contributed by atoms with Crippen LogP contribution in [0.1, 0.15) is 10.4 Å². The minimum absolute atomic E-state index is 0.206. The van der Waals surface area contributed by atoms with E-state index in [0.717, 1.165) is 60.3 Å². The quantitative estimate of drug-likeness (QED) is 0.561. The highest BCUT2D eigenvalue weighted by molar-refractivity contribution is 7.16. The predicted octanol–water partition coefficient (Wildman–Crippen LogP) is 4.30. The molecule has 0 radical (unpaired) electrons. The largest absolute Gasteiger partial charge is 0.497 e. The summed E-state index contributed by atoms with van der Waals surface area (Å²) in [5.41, 5.74) is 2.90. The van der Waals surface area contributed by atoms with Gasteiger partial charge in [0.25, 0.3) is 0 Å². The molecule has 0 atom stereocenters. The van der Waals surface area contributed by atoms with Crippen LogP contribution in [0.5, 0.6) is 5.75 Å². The van der Waals surface area contributed by atoms with Crippen LogP contribution in [0, 0.1) is 0 Å². The van der Waals surface area contributed by atoms with Crippen LogP contribution in [-0.2, 0) is 16.1 Å². The van der Waals surface area contributed by atoms with Crippen LogP contribution in [-0.4, -0.2) is 49.2 Å². The van der Waals surface area contributed by atoms with Gasteiger partial charge >= 0.3 is 0 Å². The number of carbonyl (C=O) groups excluding carboxylic acids is 1. The number of carbonyl (C=O) groups is 1. The van der Waals surface area contributed by atoms with Gasteiger partial charge in [-0.3, -0.25) is 15.0 Å². The zero-order chi connectivity index (χ0) is 21.5. The SMILES string of the molecule is COc1ccc(/C=C/C(=O)Nc2nc(-c3ccccc3)c(CN3CCOCC3)s2)cc1. The fraction of sp³-hybridized carbons (Fsp3) is 0.250. The molecule has 2 heterocycles. The molecule has 0 bridgehead atoms. The highest BCUT2D eigenvalue weighted by Crippen LogP contribution is 2.32. The van der Waals surface area contributed by atoms with E-state index in [4.69, 9.17) is 14.5 Å². The van der Waals surface area contributed by atoms with Crippen molar-refractivity contribution in [2.75, 3.05) is 38.7 Å². The van der Waals surface area contributed by atoms with Crippen molar-refractivity contribution in [3.05, 3.63) is 71.1 Å². The number of thiazole rings is 1. The van der Waals surface area contributed by atoms with Crippen molar-refractivity contribution in [1.82, 2.24) is 9.88 Å². The molecule has 6 nitrogen and oxygen atoms in total. The maximum atomic E-state index is 12.5. The lowest BCUT2D eigenvalue weighted by molar-refractivity contribution is -0.111. The molecule has 0 saturated carbocycles. The molecule has 1 saturated heterocycles. The molecule has 31 heavy (non-hydrogen) atoms. The van der Waals surface area contributed by atoms with Crippen molar-refractivity contribution >= 4 is 28.5 Å². The molecule has 0 spiro atoms. The van der Waals surface area contributed by atoms with Crippen LogP contribution in [0.2, 0.25) is 0 Å². The van der Waals surface area contributed by atoms with E-state index in [1.165, 1.54) is 17.4 Å². The van der Waals surface area contributed by atoms with Crippen molar-refractivity contribution in [3.8, 4) is 17.0 Å². The highest BCUT2D eigenvalue weighted by atomic mass is 32.1. The normalized spacial score (nSPS) is 14.6. The number of hydrogen-bond acceptors (Lipinski definition) is 6. The van der Waals surface area contributed by atoms with Gasteiger partial charge in [-0.05, 0) is 23.8 Å². The van der Waals surface area contributed by atoms with Gasteiger partial charge in [0, 0.05) is 36.2 Å². The first-order valence-corrected chi connectivity index (χ1v) is 11.0. The van der Waals surface area contributed by atoms with E-state index in [1.807, 2.05) is 54.6 Å². The van der Waals surface area contributed by atoms with Crippen LogP contribution < -0.4 is 10.1 Å². The lowest BCUT2D eigenvalue weighted by Crippen LogP contribution is -2.35. The van der Waals surface area contributed by atoms with Gasteiger partial charge in [-0.1, -0.05) is 53.8 Å². The van der Waals surface area contributed by atoms with Gasteiger partial charge in [0.1, 0.15) is 5.75 Å². The van der Waals surface area contributed by atoms with E-state index in [-0.39, 0.29) is 5.91 Å². The second-order valence-electron chi connectivity index (χ2n) is 7.14. The van der Waals surface area contributed by atoms with Gasteiger partial charge in [-0.15, -0.1) is 0 Å². The topological polar surface area (TPSA) is 63.7 Å². The Morgan fingerprint density at radius 1 is 1.16 bits per heavy atom. The van der Waals surface area contributed by atoms with Crippen molar-refractivity contribution in [2.45, 2.75) is 6.54 Å². The lowest BCUT2D eigenvalue weighted by atomic mass is 10.1. The second-order valence-corrected chi connectivity index (χ2v) is 8.22. The molecule has 1 N–H and O–H groups in total. The Morgan fingerprint density at radius 2 is 1.90 bits per heavy atom. The van der Waals surface area contributed by atoms with Crippen LogP contribution in [0.25, 0.3) is 17.3 Å². The van der Waals surface area contributed by atoms with Crippen LogP contribution in [0.15, 0.2) is 60.7 Å². The van der Waals surface area contributed by atoms with E-state index < -0.39 is 0 Å². The zero-order valence-corrected chi connectivity index (χ0v) is 18.2. The summed E-state index contributed by atoms with van der Waals surface area (Å²) in [7, 11) is 1.63. The first-order chi connectivity index (χ1) is 15.2. The van der Waals surface area contributed by atoms with E-state index >= 15 is 0 Å². The van der Waals surface area contributed by atoms with Gasteiger partial charge < -0.3 is 9.47 Å². The summed E-state index contributed by atoms with van der Waals surface area (Å²) in [6.07, 6.45) is 3.29. The fourth-order valence-corrected chi connectivity index (χ4v) is 4.36. The van der Waals surface area contributed by atoms with E-state index in [2.05, 4.69) is 10.2 Å². The summed E-state index contributed by atoms with van der Waals surface area (Å²) in [6.45, 7) is 4.10. The fourth-order valence-electron chi connectivity index (χ4n) is 3.33. The van der Waals surface area contributed by atoms with Crippen LogP contribution >= 0.6 is 11.3 Å². The third-order valence-corrected chi connectivity index (χ3v) is 5.94. The number of aromatic nitrogens is 1. The number of rotatable bonds is 7. The second kappa shape index (κ2) is 10.3. The number of methoxy groups -OCH3 is 1. The molecule has 3 aromatic rings. The first kappa shape index (κ1) is 21.2. The first-order valence-electron chi connectivity index (χ1n) is 10.2. The summed E-state index contributed by atoms with van der Waals surface area (Å²) in [5.74, 6) is 0.577. The third kappa shape index (κ3) is 5.79. The molecule has 0 unspecified atom stereocenters.